The molecule has 1 aliphatic rings. The molecule has 1 N–H and O–H groups in total. The molecule has 7 heteroatoms. The van der Waals surface area contributed by atoms with Gasteiger partial charge in [0.15, 0.2) is 5.78 Å². The van der Waals surface area contributed by atoms with Crippen LogP contribution in [0.2, 0.25) is 5.02 Å². The van der Waals surface area contributed by atoms with E-state index >= 15 is 0 Å². The van der Waals surface area contributed by atoms with Crippen molar-refractivity contribution in [2.24, 2.45) is 0 Å². The Morgan fingerprint density at radius 2 is 1.59 bits per heavy atom. The zero-order valence-electron chi connectivity index (χ0n) is 16.6. The summed E-state index contributed by atoms with van der Waals surface area (Å²) in [5.74, 6) is 0.780. The van der Waals surface area contributed by atoms with Crippen LogP contribution in [0.1, 0.15) is 17.3 Å². The molecule has 29 heavy (non-hydrogen) atoms. The average molecular weight is 416 g/mol. The van der Waals surface area contributed by atoms with Crippen LogP contribution in [-0.2, 0) is 4.79 Å². The Balaban J connectivity index is 1.42. The number of hydrogen-bond acceptors (Lipinski definition) is 5. The minimum atomic E-state index is -0.0861. The molecule has 0 bridgehead atoms. The number of ketones is 1. The summed E-state index contributed by atoms with van der Waals surface area (Å²) in [6, 6.07) is 14.5. The first-order valence-electron chi connectivity index (χ1n) is 9.80. The number of piperazine rings is 1. The highest BCUT2D eigenvalue weighted by atomic mass is 35.5. The van der Waals surface area contributed by atoms with Crippen LogP contribution in [0.25, 0.3) is 0 Å². The lowest BCUT2D eigenvalue weighted by Crippen LogP contribution is -2.49. The highest BCUT2D eigenvalue weighted by molar-refractivity contribution is 6.33. The van der Waals surface area contributed by atoms with E-state index in [1.807, 2.05) is 43.3 Å². The topological polar surface area (TPSA) is 61.9 Å². The lowest BCUT2D eigenvalue weighted by Gasteiger charge is -2.33. The molecule has 1 saturated heterocycles. The van der Waals surface area contributed by atoms with Crippen molar-refractivity contribution in [1.29, 1.82) is 0 Å². The summed E-state index contributed by atoms with van der Waals surface area (Å²) in [4.78, 5) is 29.0. The minimum Gasteiger partial charge on any atom is -0.494 e. The molecule has 2 aromatic rings. The van der Waals surface area contributed by atoms with Crippen molar-refractivity contribution < 1.29 is 14.3 Å². The Morgan fingerprint density at radius 1 is 0.966 bits per heavy atom. The van der Waals surface area contributed by atoms with Gasteiger partial charge in [0.2, 0.25) is 5.91 Å². The molecule has 0 saturated carbocycles. The van der Waals surface area contributed by atoms with Gasteiger partial charge in [0.25, 0.3) is 0 Å². The monoisotopic (exact) mass is 415 g/mol. The van der Waals surface area contributed by atoms with Crippen LogP contribution in [0.15, 0.2) is 48.5 Å². The number of nitrogens with zero attached hydrogens (tertiary/aromatic N) is 2. The van der Waals surface area contributed by atoms with Gasteiger partial charge in [-0.2, -0.15) is 0 Å². The maximum atomic E-state index is 12.5. The van der Waals surface area contributed by atoms with Crippen molar-refractivity contribution in [3.05, 3.63) is 59.1 Å². The van der Waals surface area contributed by atoms with Crippen molar-refractivity contribution in [3.8, 4) is 5.75 Å². The van der Waals surface area contributed by atoms with Crippen molar-refractivity contribution in [2.45, 2.75) is 6.92 Å². The van der Waals surface area contributed by atoms with Gasteiger partial charge in [-0.25, -0.2) is 0 Å². The summed E-state index contributed by atoms with van der Waals surface area (Å²) in [6.45, 7) is 6.22. The van der Waals surface area contributed by atoms with Gasteiger partial charge in [0, 0.05) is 31.7 Å². The van der Waals surface area contributed by atoms with E-state index in [1.54, 1.807) is 12.1 Å². The van der Waals surface area contributed by atoms with E-state index in [2.05, 4.69) is 15.1 Å². The van der Waals surface area contributed by atoms with Gasteiger partial charge in [0.05, 0.1) is 30.4 Å². The molecule has 0 aliphatic carbocycles. The summed E-state index contributed by atoms with van der Waals surface area (Å²) >= 11 is 6.08. The van der Waals surface area contributed by atoms with Crippen molar-refractivity contribution in [2.75, 3.05) is 51.2 Å². The Hall–Kier alpha value is -2.41. The van der Waals surface area contributed by atoms with Crippen LogP contribution < -0.4 is 10.1 Å². The second kappa shape index (κ2) is 10.4. The third-order valence-corrected chi connectivity index (χ3v) is 5.16. The number of benzene rings is 2. The number of nitrogens with one attached hydrogen (secondary N) is 1. The van der Waals surface area contributed by atoms with Crippen LogP contribution >= 0.6 is 11.6 Å². The molecule has 1 heterocycles. The largest absolute Gasteiger partial charge is 0.494 e. The predicted molar refractivity (Wildman–Crippen MR) is 115 cm³/mol. The van der Waals surface area contributed by atoms with E-state index < -0.39 is 0 Å². The number of rotatable bonds is 8. The molecule has 1 amide bonds. The highest BCUT2D eigenvalue weighted by Crippen LogP contribution is 2.20. The summed E-state index contributed by atoms with van der Waals surface area (Å²) in [5, 5.41) is 3.37. The summed E-state index contributed by atoms with van der Waals surface area (Å²) in [5.41, 5.74) is 1.31. The van der Waals surface area contributed by atoms with Gasteiger partial charge >= 0.3 is 0 Å². The second-order valence-corrected chi connectivity index (χ2v) is 7.37. The number of anilines is 1. The number of Topliss-reactive ketones (excluding diaryl/α,β-unsaturated/α-hetero) is 1. The Bertz CT molecular complexity index is 833. The fraction of sp³-hybridized carbons (Fsp3) is 0.364. The summed E-state index contributed by atoms with van der Waals surface area (Å²) in [6.07, 6.45) is 0. The number of carbonyl (C=O) groups is 2. The number of para-hydroxylation sites is 1. The molecule has 0 unspecified atom stereocenters. The number of halogens is 1. The number of amides is 1. The molecular formula is C22H26ClN3O3. The van der Waals surface area contributed by atoms with Gasteiger partial charge < -0.3 is 10.1 Å². The molecule has 0 aromatic heterocycles. The van der Waals surface area contributed by atoms with Gasteiger partial charge in [-0.3, -0.25) is 19.4 Å². The lowest BCUT2D eigenvalue weighted by molar-refractivity contribution is -0.117. The first-order valence-corrected chi connectivity index (χ1v) is 10.2. The van der Waals surface area contributed by atoms with E-state index in [1.165, 1.54) is 0 Å². The van der Waals surface area contributed by atoms with E-state index in [0.29, 0.717) is 36.0 Å². The van der Waals surface area contributed by atoms with Gasteiger partial charge in [-0.05, 0) is 43.3 Å². The van der Waals surface area contributed by atoms with Crippen LogP contribution in [0.3, 0.4) is 0 Å². The third kappa shape index (κ3) is 6.29. The van der Waals surface area contributed by atoms with Gasteiger partial charge in [0.1, 0.15) is 5.75 Å². The number of carbonyl (C=O) groups excluding carboxylic acids is 2. The molecule has 2 aromatic carbocycles. The first-order chi connectivity index (χ1) is 14.0. The second-order valence-electron chi connectivity index (χ2n) is 6.96. The fourth-order valence-corrected chi connectivity index (χ4v) is 3.44. The molecule has 3 rings (SSSR count). The Labute approximate surface area is 176 Å². The minimum absolute atomic E-state index is 0.0861. The summed E-state index contributed by atoms with van der Waals surface area (Å²) in [7, 11) is 0. The molecule has 1 aliphatic heterocycles. The molecule has 1 fully saturated rings. The van der Waals surface area contributed by atoms with E-state index in [-0.39, 0.29) is 11.7 Å². The van der Waals surface area contributed by atoms with Crippen molar-refractivity contribution in [3.63, 3.8) is 0 Å². The van der Waals surface area contributed by atoms with E-state index in [9.17, 15) is 9.59 Å². The summed E-state index contributed by atoms with van der Waals surface area (Å²) < 4.78 is 5.41. The van der Waals surface area contributed by atoms with Crippen LogP contribution in [0.5, 0.6) is 5.75 Å². The smallest absolute Gasteiger partial charge is 0.238 e. The van der Waals surface area contributed by atoms with Crippen molar-refractivity contribution in [1.82, 2.24) is 9.80 Å². The van der Waals surface area contributed by atoms with E-state index in [4.69, 9.17) is 16.3 Å². The lowest BCUT2D eigenvalue weighted by atomic mass is 10.1. The average Bonchev–Trinajstić information content (AvgIpc) is 2.72. The molecule has 0 radical (unpaired) electrons. The quantitative estimate of drug-likeness (QED) is 0.671. The van der Waals surface area contributed by atoms with Gasteiger partial charge in [-0.15, -0.1) is 0 Å². The van der Waals surface area contributed by atoms with Crippen LogP contribution in [0.4, 0.5) is 5.69 Å². The standard InChI is InChI=1S/C22H26ClN3O3/c1-2-29-18-9-7-17(8-10-18)21(27)15-25-11-13-26(14-12-25)16-22(28)24-20-6-4-3-5-19(20)23/h3-10H,2,11-16H2,1H3,(H,24,28). The zero-order chi connectivity index (χ0) is 20.6. The molecular weight excluding hydrogens is 390 g/mol. The normalized spacial score (nSPS) is 15.1. The highest BCUT2D eigenvalue weighted by Gasteiger charge is 2.21. The van der Waals surface area contributed by atoms with Crippen LogP contribution in [-0.4, -0.2) is 67.4 Å². The maximum Gasteiger partial charge on any atom is 0.238 e. The maximum absolute atomic E-state index is 12.5. The third-order valence-electron chi connectivity index (χ3n) is 4.83. The van der Waals surface area contributed by atoms with Crippen LogP contribution in [0, 0.1) is 0 Å². The molecule has 0 spiro atoms. The van der Waals surface area contributed by atoms with Crippen molar-refractivity contribution >= 4 is 29.0 Å². The number of hydrogen-bond donors (Lipinski definition) is 1. The number of ether oxygens (including phenoxy) is 1. The Morgan fingerprint density at radius 3 is 2.21 bits per heavy atom. The van der Waals surface area contributed by atoms with Gasteiger partial charge in [-0.1, -0.05) is 23.7 Å². The zero-order valence-corrected chi connectivity index (χ0v) is 17.3. The molecule has 0 atom stereocenters. The first kappa shape index (κ1) is 21.3. The predicted octanol–water partition coefficient (Wildman–Crippen LogP) is 3.18. The SMILES string of the molecule is CCOc1ccc(C(=O)CN2CCN(CC(=O)Nc3ccccc3Cl)CC2)cc1. The molecule has 154 valence electrons. The fourth-order valence-electron chi connectivity index (χ4n) is 3.26. The van der Waals surface area contributed by atoms with E-state index in [0.717, 1.165) is 31.9 Å². The molecule has 6 nitrogen and oxygen atoms in total. The Kier molecular flexibility index (Phi) is 7.63.